The fraction of sp³-hybridized carbons (Fsp3) is 0.500. The Morgan fingerprint density at radius 3 is 2.72 bits per heavy atom. The number of benzene rings is 1. The number of carbonyl (C=O) groups excluding carboxylic acids is 1. The van der Waals surface area contributed by atoms with Crippen LogP contribution in [-0.4, -0.2) is 37.2 Å². The van der Waals surface area contributed by atoms with E-state index in [0.717, 1.165) is 4.88 Å². The van der Waals surface area contributed by atoms with Gasteiger partial charge >= 0.3 is 0 Å². The predicted molar refractivity (Wildman–Crippen MR) is 108 cm³/mol. The lowest BCUT2D eigenvalue weighted by molar-refractivity contribution is -0.0380. The van der Waals surface area contributed by atoms with Crippen LogP contribution in [0.1, 0.15) is 46.8 Å². The van der Waals surface area contributed by atoms with E-state index in [1.54, 1.807) is 19.2 Å². The fourth-order valence-corrected chi connectivity index (χ4v) is 4.70. The molecule has 1 fully saturated rings. The van der Waals surface area contributed by atoms with E-state index < -0.39 is 11.8 Å². The maximum absolute atomic E-state index is 13.5. The van der Waals surface area contributed by atoms with E-state index in [4.69, 9.17) is 21.1 Å². The van der Waals surface area contributed by atoms with Crippen LogP contribution in [0.2, 0.25) is 5.02 Å². The Bertz CT molecular complexity index is 932. The molecule has 1 aromatic carbocycles. The summed E-state index contributed by atoms with van der Waals surface area (Å²) in [6, 6.07) is 4.77. The topological polar surface area (TPSA) is 52.8 Å². The van der Waals surface area contributed by atoms with Crippen LogP contribution in [0.25, 0.3) is 0 Å². The first kappa shape index (κ1) is 21.9. The number of thiazole rings is 1. The second-order valence-corrected chi connectivity index (χ2v) is 8.47. The highest BCUT2D eigenvalue weighted by atomic mass is 35.5. The van der Waals surface area contributed by atoms with Crippen LogP contribution in [0, 0.1) is 0 Å². The van der Waals surface area contributed by atoms with Crippen LogP contribution in [0.5, 0.6) is 5.75 Å². The molecule has 0 radical (unpaired) electrons. The molecule has 29 heavy (non-hydrogen) atoms. The van der Waals surface area contributed by atoms with Gasteiger partial charge < -0.3 is 14.0 Å². The number of aromatic nitrogens is 1. The van der Waals surface area contributed by atoms with Gasteiger partial charge in [-0.1, -0.05) is 11.6 Å². The molecule has 1 heterocycles. The third-order valence-electron chi connectivity index (χ3n) is 4.98. The van der Waals surface area contributed by atoms with Crippen LogP contribution in [0.3, 0.4) is 0 Å². The quantitative estimate of drug-likeness (QED) is 0.637. The van der Waals surface area contributed by atoms with Crippen molar-refractivity contribution in [1.82, 2.24) is 4.57 Å². The molecule has 0 spiro atoms. The molecular formula is C20H23ClF2N2O3S. The first-order valence-corrected chi connectivity index (χ1v) is 10.5. The first-order valence-electron chi connectivity index (χ1n) is 9.32. The Balaban J connectivity index is 1.94. The van der Waals surface area contributed by atoms with Gasteiger partial charge in [-0.15, -0.1) is 11.3 Å². The Hall–Kier alpha value is -1.77. The van der Waals surface area contributed by atoms with Crippen molar-refractivity contribution < 1.29 is 23.0 Å². The SMILES string of the molecule is COCCn1cc(C2CCC(F)(F)CC2)sc1=NC(=O)c1cc(Cl)ccc1OC. The summed E-state index contributed by atoms with van der Waals surface area (Å²) in [7, 11) is 3.07. The van der Waals surface area contributed by atoms with Crippen LogP contribution < -0.4 is 9.54 Å². The van der Waals surface area contributed by atoms with Gasteiger partial charge in [0.05, 0.1) is 19.3 Å². The van der Waals surface area contributed by atoms with Gasteiger partial charge in [-0.2, -0.15) is 4.99 Å². The average molecular weight is 445 g/mol. The standard InChI is InChI=1S/C20H23ClF2N2O3S/c1-27-10-9-25-12-17(13-5-7-20(22,23)8-6-13)29-19(25)24-18(26)15-11-14(21)3-4-16(15)28-2/h3-4,11-13H,5-10H2,1-2H3. The normalized spacial score (nSPS) is 17.5. The number of hydrogen-bond acceptors (Lipinski definition) is 4. The maximum Gasteiger partial charge on any atom is 0.283 e. The zero-order valence-corrected chi connectivity index (χ0v) is 17.9. The first-order chi connectivity index (χ1) is 13.8. The van der Waals surface area contributed by atoms with Crippen LogP contribution in [0.4, 0.5) is 8.78 Å². The fourth-order valence-electron chi connectivity index (χ4n) is 3.34. The van der Waals surface area contributed by atoms with Crippen molar-refractivity contribution in [2.45, 2.75) is 44.1 Å². The highest BCUT2D eigenvalue weighted by Gasteiger charge is 2.36. The van der Waals surface area contributed by atoms with Crippen molar-refractivity contribution in [3.63, 3.8) is 0 Å². The summed E-state index contributed by atoms with van der Waals surface area (Å²) in [4.78, 5) is 18.5. The molecule has 0 atom stereocenters. The Morgan fingerprint density at radius 2 is 2.07 bits per heavy atom. The molecule has 1 saturated carbocycles. The van der Waals surface area contributed by atoms with Gasteiger partial charge in [0.15, 0.2) is 4.80 Å². The molecule has 5 nitrogen and oxygen atoms in total. The number of alkyl halides is 2. The third-order valence-corrected chi connectivity index (χ3v) is 6.40. The molecule has 0 N–H and O–H groups in total. The predicted octanol–water partition coefficient (Wildman–Crippen LogP) is 4.89. The Labute approximate surface area is 176 Å². The summed E-state index contributed by atoms with van der Waals surface area (Å²) in [6.07, 6.45) is 2.53. The second-order valence-electron chi connectivity index (χ2n) is 6.99. The number of amides is 1. The lowest BCUT2D eigenvalue weighted by atomic mass is 9.86. The van der Waals surface area contributed by atoms with Gasteiger partial charge in [0.1, 0.15) is 5.75 Å². The minimum absolute atomic E-state index is 0.0492. The van der Waals surface area contributed by atoms with Gasteiger partial charge in [0.2, 0.25) is 5.92 Å². The number of rotatable bonds is 6. The second kappa shape index (κ2) is 9.36. The van der Waals surface area contributed by atoms with E-state index in [2.05, 4.69) is 4.99 Å². The molecule has 1 amide bonds. The number of carbonyl (C=O) groups is 1. The molecule has 0 aliphatic heterocycles. The average Bonchev–Trinajstić information content (AvgIpc) is 3.08. The van der Waals surface area contributed by atoms with E-state index in [1.165, 1.54) is 24.5 Å². The van der Waals surface area contributed by atoms with E-state index in [-0.39, 0.29) is 24.3 Å². The lowest BCUT2D eigenvalue weighted by Crippen LogP contribution is -2.23. The van der Waals surface area contributed by atoms with Crippen molar-refractivity contribution in [3.05, 3.63) is 44.7 Å². The molecule has 0 saturated heterocycles. The maximum atomic E-state index is 13.5. The molecule has 1 aliphatic rings. The molecule has 158 valence electrons. The zero-order chi connectivity index (χ0) is 21.0. The Morgan fingerprint density at radius 1 is 1.34 bits per heavy atom. The summed E-state index contributed by atoms with van der Waals surface area (Å²) in [5.41, 5.74) is 0.269. The summed E-state index contributed by atoms with van der Waals surface area (Å²) in [5.74, 6) is -2.61. The minimum Gasteiger partial charge on any atom is -0.496 e. The molecule has 1 aliphatic carbocycles. The smallest absolute Gasteiger partial charge is 0.283 e. The summed E-state index contributed by atoms with van der Waals surface area (Å²) < 4.78 is 39.2. The Kier molecular flexibility index (Phi) is 7.08. The highest BCUT2D eigenvalue weighted by Crippen LogP contribution is 2.41. The van der Waals surface area contributed by atoms with Crippen LogP contribution in [0.15, 0.2) is 29.4 Å². The van der Waals surface area contributed by atoms with Gasteiger partial charge in [0.25, 0.3) is 5.91 Å². The molecule has 1 aromatic heterocycles. The van der Waals surface area contributed by atoms with Crippen molar-refractivity contribution in [1.29, 1.82) is 0 Å². The number of ether oxygens (including phenoxy) is 2. The van der Waals surface area contributed by atoms with Crippen LogP contribution >= 0.6 is 22.9 Å². The zero-order valence-electron chi connectivity index (χ0n) is 16.3. The summed E-state index contributed by atoms with van der Waals surface area (Å²) >= 11 is 7.38. The van der Waals surface area contributed by atoms with E-state index in [0.29, 0.717) is 41.6 Å². The van der Waals surface area contributed by atoms with E-state index in [9.17, 15) is 13.6 Å². The third kappa shape index (κ3) is 5.43. The minimum atomic E-state index is -2.58. The van der Waals surface area contributed by atoms with Crippen LogP contribution in [-0.2, 0) is 11.3 Å². The molecular weight excluding hydrogens is 422 g/mol. The van der Waals surface area contributed by atoms with Gasteiger partial charge in [-0.3, -0.25) is 4.79 Å². The largest absolute Gasteiger partial charge is 0.496 e. The van der Waals surface area contributed by atoms with E-state index in [1.807, 2.05) is 10.8 Å². The van der Waals surface area contributed by atoms with Crippen molar-refractivity contribution in [2.75, 3.05) is 20.8 Å². The summed E-state index contributed by atoms with van der Waals surface area (Å²) in [6.45, 7) is 0.954. The number of nitrogens with zero attached hydrogens (tertiary/aromatic N) is 2. The molecule has 9 heteroatoms. The van der Waals surface area contributed by atoms with Gasteiger partial charge in [-0.05, 0) is 37.0 Å². The molecule has 2 aromatic rings. The monoisotopic (exact) mass is 444 g/mol. The number of hydrogen-bond donors (Lipinski definition) is 0. The lowest BCUT2D eigenvalue weighted by Gasteiger charge is -2.27. The summed E-state index contributed by atoms with van der Waals surface area (Å²) in [5, 5.41) is 0.409. The van der Waals surface area contributed by atoms with E-state index >= 15 is 0 Å². The van der Waals surface area contributed by atoms with Gasteiger partial charge in [0, 0.05) is 42.6 Å². The highest BCUT2D eigenvalue weighted by molar-refractivity contribution is 7.09. The molecule has 0 bridgehead atoms. The molecule has 3 rings (SSSR count). The van der Waals surface area contributed by atoms with Crippen molar-refractivity contribution in [2.24, 2.45) is 4.99 Å². The molecule has 0 unspecified atom stereocenters. The van der Waals surface area contributed by atoms with Gasteiger partial charge in [-0.25, -0.2) is 8.78 Å². The number of halogens is 3. The number of methoxy groups -OCH3 is 2. The van der Waals surface area contributed by atoms with Crippen molar-refractivity contribution in [3.8, 4) is 5.75 Å². The van der Waals surface area contributed by atoms with Crippen molar-refractivity contribution >= 4 is 28.8 Å².